The zero-order valence-corrected chi connectivity index (χ0v) is 11.9. The standard InChI is InChI=1S/C12H16N4O3S/c1-13-8-10-2-4-11(5-3-10)20(17,18)15-7-6-12-14-9-19-16-12/h2-5,9,13,15H,6-8H2,1H3. The molecule has 8 heteroatoms. The van der Waals surface area contributed by atoms with Gasteiger partial charge in [-0.25, -0.2) is 13.1 Å². The van der Waals surface area contributed by atoms with Crippen molar-refractivity contribution < 1.29 is 12.9 Å². The van der Waals surface area contributed by atoms with Gasteiger partial charge in [0.1, 0.15) is 0 Å². The normalized spacial score (nSPS) is 11.7. The van der Waals surface area contributed by atoms with Crippen LogP contribution in [0.4, 0.5) is 0 Å². The fraction of sp³-hybridized carbons (Fsp3) is 0.333. The molecule has 20 heavy (non-hydrogen) atoms. The molecule has 7 nitrogen and oxygen atoms in total. The molecule has 2 N–H and O–H groups in total. The Hall–Kier alpha value is -1.77. The number of hydrogen-bond acceptors (Lipinski definition) is 6. The van der Waals surface area contributed by atoms with Gasteiger partial charge in [-0.15, -0.1) is 0 Å². The lowest BCUT2D eigenvalue weighted by atomic mass is 10.2. The van der Waals surface area contributed by atoms with E-state index in [9.17, 15) is 8.42 Å². The zero-order chi connectivity index (χ0) is 14.4. The number of benzene rings is 1. The highest BCUT2D eigenvalue weighted by Crippen LogP contribution is 2.10. The van der Waals surface area contributed by atoms with E-state index in [-0.39, 0.29) is 11.4 Å². The Morgan fingerprint density at radius 3 is 2.60 bits per heavy atom. The van der Waals surface area contributed by atoms with Gasteiger partial charge in [0.05, 0.1) is 4.90 Å². The molecule has 0 radical (unpaired) electrons. The zero-order valence-electron chi connectivity index (χ0n) is 11.0. The Morgan fingerprint density at radius 1 is 1.25 bits per heavy atom. The Kier molecular flexibility index (Phi) is 4.83. The Balaban J connectivity index is 1.95. The van der Waals surface area contributed by atoms with E-state index in [0.717, 1.165) is 5.56 Å². The summed E-state index contributed by atoms with van der Waals surface area (Å²) in [6, 6.07) is 6.74. The molecule has 0 atom stereocenters. The van der Waals surface area contributed by atoms with Crippen molar-refractivity contribution in [1.82, 2.24) is 20.2 Å². The van der Waals surface area contributed by atoms with Crippen LogP contribution in [0, 0.1) is 0 Å². The van der Waals surface area contributed by atoms with Crippen LogP contribution < -0.4 is 10.0 Å². The Bertz CT molecular complexity index is 623. The number of hydrogen-bond donors (Lipinski definition) is 2. The van der Waals surface area contributed by atoms with Crippen molar-refractivity contribution in [3.8, 4) is 0 Å². The average molecular weight is 296 g/mol. The second-order valence-corrected chi connectivity index (χ2v) is 5.94. The summed E-state index contributed by atoms with van der Waals surface area (Å²) in [4.78, 5) is 4.06. The lowest BCUT2D eigenvalue weighted by Gasteiger charge is -2.06. The third-order valence-electron chi connectivity index (χ3n) is 2.66. The minimum atomic E-state index is -3.50. The molecule has 1 aromatic heterocycles. The molecular formula is C12H16N4O3S. The molecule has 1 aromatic carbocycles. The van der Waals surface area contributed by atoms with Gasteiger partial charge in [0.25, 0.3) is 0 Å². The molecule has 0 aliphatic rings. The molecule has 0 saturated heterocycles. The number of aromatic nitrogens is 2. The second-order valence-electron chi connectivity index (χ2n) is 4.17. The van der Waals surface area contributed by atoms with Gasteiger partial charge in [-0.2, -0.15) is 4.98 Å². The van der Waals surface area contributed by atoms with Crippen molar-refractivity contribution in [3.05, 3.63) is 42.0 Å². The van der Waals surface area contributed by atoms with Crippen molar-refractivity contribution in [2.75, 3.05) is 13.6 Å². The van der Waals surface area contributed by atoms with E-state index in [4.69, 9.17) is 0 Å². The van der Waals surface area contributed by atoms with Gasteiger partial charge >= 0.3 is 0 Å². The highest BCUT2D eigenvalue weighted by Gasteiger charge is 2.13. The van der Waals surface area contributed by atoms with E-state index in [1.54, 1.807) is 24.3 Å². The summed E-state index contributed by atoms with van der Waals surface area (Å²) in [6.07, 6.45) is 1.60. The lowest BCUT2D eigenvalue weighted by molar-refractivity contribution is 0.410. The molecule has 0 amide bonds. The molecule has 0 bridgehead atoms. The molecule has 0 unspecified atom stereocenters. The lowest BCUT2D eigenvalue weighted by Crippen LogP contribution is -2.26. The molecule has 0 saturated carbocycles. The van der Waals surface area contributed by atoms with Crippen LogP contribution in [0.15, 0.2) is 40.1 Å². The highest BCUT2D eigenvalue weighted by molar-refractivity contribution is 7.89. The second kappa shape index (κ2) is 6.60. The monoisotopic (exact) mass is 296 g/mol. The van der Waals surface area contributed by atoms with Crippen molar-refractivity contribution in [2.24, 2.45) is 0 Å². The Labute approximate surface area is 117 Å². The summed E-state index contributed by atoms with van der Waals surface area (Å²) >= 11 is 0. The number of nitrogens with zero attached hydrogens (tertiary/aromatic N) is 2. The predicted octanol–water partition coefficient (Wildman–Crippen LogP) is 0.310. The van der Waals surface area contributed by atoms with Crippen LogP contribution in [0.3, 0.4) is 0 Å². The fourth-order valence-electron chi connectivity index (χ4n) is 1.67. The van der Waals surface area contributed by atoms with E-state index >= 15 is 0 Å². The van der Waals surface area contributed by atoms with Crippen LogP contribution in [-0.2, 0) is 23.0 Å². The maximum atomic E-state index is 12.0. The SMILES string of the molecule is CNCc1ccc(S(=O)(=O)NCCc2ncon2)cc1. The molecule has 2 aromatic rings. The van der Waals surface area contributed by atoms with Gasteiger partial charge in [-0.3, -0.25) is 0 Å². The minimum absolute atomic E-state index is 0.222. The van der Waals surface area contributed by atoms with Crippen LogP contribution >= 0.6 is 0 Å². The van der Waals surface area contributed by atoms with Gasteiger partial charge in [0.2, 0.25) is 16.4 Å². The third kappa shape index (κ3) is 3.86. The molecule has 0 aliphatic carbocycles. The third-order valence-corrected chi connectivity index (χ3v) is 4.14. The fourth-order valence-corrected chi connectivity index (χ4v) is 2.71. The summed E-state index contributed by atoms with van der Waals surface area (Å²) in [5.74, 6) is 0.470. The summed E-state index contributed by atoms with van der Waals surface area (Å²) in [5, 5.41) is 6.62. The molecule has 0 fully saturated rings. The van der Waals surface area contributed by atoms with E-state index in [1.165, 1.54) is 6.39 Å². The first kappa shape index (κ1) is 14.6. The quantitative estimate of drug-likeness (QED) is 0.763. The minimum Gasteiger partial charge on any atom is -0.343 e. The molecule has 108 valence electrons. The van der Waals surface area contributed by atoms with Crippen LogP contribution in [0.2, 0.25) is 0 Å². The van der Waals surface area contributed by atoms with Crippen molar-refractivity contribution in [3.63, 3.8) is 0 Å². The summed E-state index contributed by atoms with van der Waals surface area (Å²) < 4.78 is 31.2. The van der Waals surface area contributed by atoms with Crippen LogP contribution in [0.1, 0.15) is 11.4 Å². The van der Waals surface area contributed by atoms with Crippen molar-refractivity contribution in [2.45, 2.75) is 17.9 Å². The first-order valence-corrected chi connectivity index (χ1v) is 7.58. The molecule has 1 heterocycles. The van der Waals surface area contributed by atoms with Gasteiger partial charge in [-0.05, 0) is 24.7 Å². The number of nitrogens with one attached hydrogen (secondary N) is 2. The Morgan fingerprint density at radius 2 is 2.00 bits per heavy atom. The summed E-state index contributed by atoms with van der Waals surface area (Å²) in [6.45, 7) is 0.922. The first-order valence-electron chi connectivity index (χ1n) is 6.10. The largest absolute Gasteiger partial charge is 0.343 e. The molecule has 2 rings (SSSR count). The molecule has 0 aliphatic heterocycles. The van der Waals surface area contributed by atoms with Crippen molar-refractivity contribution >= 4 is 10.0 Å². The van der Waals surface area contributed by atoms with Crippen molar-refractivity contribution in [1.29, 1.82) is 0 Å². The number of sulfonamides is 1. The topological polar surface area (TPSA) is 97.1 Å². The van der Waals surface area contributed by atoms with Crippen LogP contribution in [-0.4, -0.2) is 32.2 Å². The predicted molar refractivity (Wildman–Crippen MR) is 72.4 cm³/mol. The van der Waals surface area contributed by atoms with Crippen LogP contribution in [0.25, 0.3) is 0 Å². The summed E-state index contributed by atoms with van der Waals surface area (Å²) in [5.41, 5.74) is 1.03. The smallest absolute Gasteiger partial charge is 0.240 e. The van der Waals surface area contributed by atoms with E-state index < -0.39 is 10.0 Å². The van der Waals surface area contributed by atoms with Gasteiger partial charge < -0.3 is 9.84 Å². The molecule has 0 spiro atoms. The summed E-state index contributed by atoms with van der Waals surface area (Å²) in [7, 11) is -1.66. The van der Waals surface area contributed by atoms with Gasteiger partial charge in [0, 0.05) is 19.5 Å². The highest BCUT2D eigenvalue weighted by atomic mass is 32.2. The first-order chi connectivity index (χ1) is 9.62. The van der Waals surface area contributed by atoms with Gasteiger partial charge in [0.15, 0.2) is 5.82 Å². The number of rotatable bonds is 7. The van der Waals surface area contributed by atoms with E-state index in [1.807, 2.05) is 7.05 Å². The van der Waals surface area contributed by atoms with E-state index in [0.29, 0.717) is 18.8 Å². The van der Waals surface area contributed by atoms with Gasteiger partial charge in [-0.1, -0.05) is 17.3 Å². The average Bonchev–Trinajstić information content (AvgIpc) is 2.93. The van der Waals surface area contributed by atoms with Crippen LogP contribution in [0.5, 0.6) is 0 Å². The van der Waals surface area contributed by atoms with E-state index in [2.05, 4.69) is 24.7 Å². The maximum Gasteiger partial charge on any atom is 0.240 e. The molecular weight excluding hydrogens is 280 g/mol. The maximum absolute atomic E-state index is 12.0.